The highest BCUT2D eigenvalue weighted by molar-refractivity contribution is 14.1. The molecule has 0 aromatic rings. The molecular weight excluding hydrogens is 353 g/mol. The van der Waals surface area contributed by atoms with Crippen molar-refractivity contribution in [2.24, 2.45) is 0 Å². The van der Waals surface area contributed by atoms with Crippen molar-refractivity contribution in [3.63, 3.8) is 0 Å². The van der Waals surface area contributed by atoms with Crippen LogP contribution in [0.2, 0.25) is 0 Å². The van der Waals surface area contributed by atoms with E-state index in [1.165, 1.54) is 0 Å². The van der Waals surface area contributed by atoms with Crippen LogP contribution >= 0.6 is 22.6 Å². The molecule has 0 rings (SSSR count). The second-order valence-electron chi connectivity index (χ2n) is 4.81. The minimum Gasteiger partial charge on any atom is -0.459 e. The maximum atomic E-state index is 13.5. The predicted octanol–water partition coefficient (Wildman–Crippen LogP) is 4.74. The van der Waals surface area contributed by atoms with Gasteiger partial charge in [-0.05, 0) is 20.3 Å². The molecule has 0 aliphatic heterocycles. The molecule has 0 aromatic heterocycles. The molecular formula is C13H23F2IO2. The minimum atomic E-state index is -3.36. The highest BCUT2D eigenvalue weighted by atomic mass is 127. The molecule has 0 heterocycles. The largest absolute Gasteiger partial charge is 0.459 e. The Labute approximate surface area is 122 Å². The molecule has 5 heteroatoms. The lowest BCUT2D eigenvalue weighted by Gasteiger charge is -2.19. The van der Waals surface area contributed by atoms with Crippen molar-refractivity contribution in [2.75, 3.05) is 0 Å². The van der Waals surface area contributed by atoms with Crippen LogP contribution in [0.5, 0.6) is 0 Å². The van der Waals surface area contributed by atoms with Crippen molar-refractivity contribution in [3.05, 3.63) is 0 Å². The van der Waals surface area contributed by atoms with Crippen LogP contribution in [0, 0.1) is 0 Å². The first kappa shape index (κ1) is 18.1. The van der Waals surface area contributed by atoms with E-state index in [2.05, 4.69) is 11.7 Å². The van der Waals surface area contributed by atoms with E-state index in [9.17, 15) is 13.6 Å². The first-order valence-electron chi connectivity index (χ1n) is 6.52. The van der Waals surface area contributed by atoms with Crippen molar-refractivity contribution < 1.29 is 18.3 Å². The smallest absolute Gasteiger partial charge is 0.377 e. The number of hydrogen-bond donors (Lipinski definition) is 0. The summed E-state index contributed by atoms with van der Waals surface area (Å²) in [5.41, 5.74) is 0. The third-order valence-electron chi connectivity index (χ3n) is 2.49. The maximum Gasteiger partial charge on any atom is 0.377 e. The molecule has 0 amide bonds. The quantitative estimate of drug-likeness (QED) is 0.252. The lowest BCUT2D eigenvalue weighted by atomic mass is 10.1. The molecule has 0 N–H and O–H groups in total. The van der Waals surface area contributed by atoms with Crippen molar-refractivity contribution in [3.8, 4) is 0 Å². The van der Waals surface area contributed by atoms with Crippen molar-refractivity contribution in [1.82, 2.24) is 0 Å². The molecule has 1 unspecified atom stereocenters. The fourth-order valence-electron chi connectivity index (χ4n) is 1.56. The molecule has 18 heavy (non-hydrogen) atoms. The lowest BCUT2D eigenvalue weighted by molar-refractivity contribution is -0.176. The van der Waals surface area contributed by atoms with Crippen LogP contribution < -0.4 is 0 Å². The van der Waals surface area contributed by atoms with Gasteiger partial charge in [0, 0.05) is 10.3 Å². The van der Waals surface area contributed by atoms with Gasteiger partial charge in [-0.25, -0.2) is 4.79 Å². The Hall–Kier alpha value is 0.0600. The van der Waals surface area contributed by atoms with E-state index in [0.29, 0.717) is 0 Å². The van der Waals surface area contributed by atoms with Gasteiger partial charge in [0.2, 0.25) is 0 Å². The maximum absolute atomic E-state index is 13.5. The summed E-state index contributed by atoms with van der Waals surface area (Å²) in [6.45, 7) is 5.25. The third kappa shape index (κ3) is 8.21. The van der Waals surface area contributed by atoms with Crippen LogP contribution in [0.1, 0.15) is 59.3 Å². The summed E-state index contributed by atoms with van der Waals surface area (Å²) in [5.74, 6) is -4.76. The molecule has 0 aromatic carbocycles. The van der Waals surface area contributed by atoms with Crippen molar-refractivity contribution in [2.45, 2.75) is 75.2 Å². The number of ether oxygens (including phenoxy) is 1. The SMILES string of the molecule is CCCCCCC(I)CC(F)(F)C(=O)OC(C)C. The molecule has 0 saturated carbocycles. The molecule has 108 valence electrons. The third-order valence-corrected chi connectivity index (χ3v) is 3.55. The van der Waals surface area contributed by atoms with Crippen LogP contribution in [-0.2, 0) is 9.53 Å². The van der Waals surface area contributed by atoms with Crippen LogP contribution in [0.3, 0.4) is 0 Å². The number of unbranched alkanes of at least 4 members (excludes halogenated alkanes) is 3. The van der Waals surface area contributed by atoms with E-state index >= 15 is 0 Å². The monoisotopic (exact) mass is 376 g/mol. The van der Waals surface area contributed by atoms with Gasteiger partial charge in [-0.3, -0.25) is 0 Å². The highest BCUT2D eigenvalue weighted by Gasteiger charge is 2.42. The van der Waals surface area contributed by atoms with Gasteiger partial charge in [0.05, 0.1) is 6.10 Å². The van der Waals surface area contributed by atoms with Crippen molar-refractivity contribution >= 4 is 28.6 Å². The van der Waals surface area contributed by atoms with Gasteiger partial charge in [0.25, 0.3) is 0 Å². The lowest BCUT2D eigenvalue weighted by Crippen LogP contribution is -2.34. The zero-order valence-corrected chi connectivity index (χ0v) is 13.5. The molecule has 0 spiro atoms. The van der Waals surface area contributed by atoms with E-state index in [-0.39, 0.29) is 3.92 Å². The first-order chi connectivity index (χ1) is 8.29. The Kier molecular flexibility index (Phi) is 9.07. The summed E-state index contributed by atoms with van der Waals surface area (Å²) in [4.78, 5) is 11.2. The second kappa shape index (κ2) is 9.04. The number of alkyl halides is 3. The van der Waals surface area contributed by atoms with Gasteiger partial charge in [0.15, 0.2) is 0 Å². The first-order valence-corrected chi connectivity index (χ1v) is 7.77. The topological polar surface area (TPSA) is 26.3 Å². The summed E-state index contributed by atoms with van der Waals surface area (Å²) in [6, 6.07) is 0. The van der Waals surface area contributed by atoms with Crippen molar-refractivity contribution in [1.29, 1.82) is 0 Å². The molecule has 0 aliphatic rings. The minimum absolute atomic E-state index is 0.186. The summed E-state index contributed by atoms with van der Waals surface area (Å²) in [7, 11) is 0. The Morgan fingerprint density at radius 3 is 2.39 bits per heavy atom. The van der Waals surface area contributed by atoms with Gasteiger partial charge >= 0.3 is 11.9 Å². The average Bonchev–Trinajstić information content (AvgIpc) is 2.22. The van der Waals surface area contributed by atoms with Crippen LogP contribution in [0.4, 0.5) is 8.78 Å². The second-order valence-corrected chi connectivity index (χ2v) is 6.57. The fourth-order valence-corrected chi connectivity index (χ4v) is 2.55. The van der Waals surface area contributed by atoms with Gasteiger partial charge in [-0.1, -0.05) is 55.2 Å². The zero-order valence-electron chi connectivity index (χ0n) is 11.3. The highest BCUT2D eigenvalue weighted by Crippen LogP contribution is 2.29. The number of carbonyl (C=O) groups is 1. The van der Waals surface area contributed by atoms with Crippen LogP contribution in [0.15, 0.2) is 0 Å². The average molecular weight is 376 g/mol. The number of esters is 1. The summed E-state index contributed by atoms with van der Waals surface area (Å²) in [5, 5.41) is 0. The molecule has 2 nitrogen and oxygen atoms in total. The fraction of sp³-hybridized carbons (Fsp3) is 0.923. The Balaban J connectivity index is 4.02. The van der Waals surface area contributed by atoms with Gasteiger partial charge in [-0.2, -0.15) is 8.78 Å². The zero-order chi connectivity index (χ0) is 14.2. The molecule has 0 bridgehead atoms. The molecule has 0 aliphatic carbocycles. The number of carbonyl (C=O) groups excluding carboxylic acids is 1. The summed E-state index contributed by atoms with van der Waals surface area (Å²) < 4.78 is 31.4. The van der Waals surface area contributed by atoms with E-state index in [1.807, 2.05) is 22.6 Å². The predicted molar refractivity (Wildman–Crippen MR) is 77.4 cm³/mol. The van der Waals surface area contributed by atoms with Gasteiger partial charge < -0.3 is 4.74 Å². The molecule has 0 saturated heterocycles. The Bertz CT molecular complexity index is 245. The molecule has 0 fully saturated rings. The Morgan fingerprint density at radius 1 is 1.28 bits per heavy atom. The summed E-state index contributed by atoms with van der Waals surface area (Å²) >= 11 is 2.00. The van der Waals surface area contributed by atoms with Crippen LogP contribution in [0.25, 0.3) is 0 Å². The van der Waals surface area contributed by atoms with Gasteiger partial charge in [-0.15, -0.1) is 0 Å². The number of halogens is 3. The van der Waals surface area contributed by atoms with Crippen LogP contribution in [-0.4, -0.2) is 21.9 Å². The number of hydrogen-bond acceptors (Lipinski definition) is 2. The van der Waals surface area contributed by atoms with E-state index in [4.69, 9.17) is 0 Å². The Morgan fingerprint density at radius 2 is 1.89 bits per heavy atom. The number of rotatable bonds is 9. The summed E-state index contributed by atoms with van der Waals surface area (Å²) in [6.07, 6.45) is 4.07. The van der Waals surface area contributed by atoms with E-state index < -0.39 is 24.4 Å². The normalized spacial score (nSPS) is 13.7. The van der Waals surface area contributed by atoms with Gasteiger partial charge in [0.1, 0.15) is 0 Å². The van der Waals surface area contributed by atoms with E-state index in [0.717, 1.165) is 32.1 Å². The van der Waals surface area contributed by atoms with E-state index in [1.54, 1.807) is 13.8 Å². The molecule has 0 radical (unpaired) electrons. The standard InChI is InChI=1S/C13H23F2IO2/c1-4-5-6-7-8-11(16)9-13(14,15)12(17)18-10(2)3/h10-11H,4-9H2,1-3H3. The molecule has 1 atom stereocenters.